The van der Waals surface area contributed by atoms with E-state index in [4.69, 9.17) is 9.47 Å². The van der Waals surface area contributed by atoms with Crippen LogP contribution in [0.4, 0.5) is 46.9 Å². The Labute approximate surface area is 604 Å². The van der Waals surface area contributed by atoms with Crippen molar-refractivity contribution in [2.75, 3.05) is 123 Å². The lowest BCUT2D eigenvalue weighted by atomic mass is 9.72. The number of piperidine rings is 2. The summed E-state index contributed by atoms with van der Waals surface area (Å²) in [4.78, 5) is 81.4. The highest BCUT2D eigenvalue weighted by molar-refractivity contribution is 5.96. The minimum absolute atomic E-state index is 0. The van der Waals surface area contributed by atoms with E-state index in [0.29, 0.717) is 120 Å². The Morgan fingerprint density at radius 1 is 0.624 bits per heavy atom. The molecule has 2 atom stereocenters. The first-order chi connectivity index (χ1) is 46.8. The zero-order chi connectivity index (χ0) is 69.9. The zero-order valence-electron chi connectivity index (χ0n) is 57.2. The number of para-hydroxylation sites is 1. The van der Waals surface area contributed by atoms with Crippen molar-refractivity contribution in [2.45, 2.75) is 106 Å². The fraction of sp³-hybridized carbons (Fsp3) is 0.453. The van der Waals surface area contributed by atoms with Gasteiger partial charge in [0.25, 0.3) is 11.8 Å². The van der Waals surface area contributed by atoms with Crippen molar-refractivity contribution in [1.29, 1.82) is 0 Å². The molecule has 101 heavy (non-hydrogen) atoms. The van der Waals surface area contributed by atoms with Crippen LogP contribution < -0.4 is 9.80 Å². The lowest BCUT2D eigenvalue weighted by Crippen LogP contribution is -2.50. The molecule has 3 aliphatic heterocycles. The highest BCUT2D eigenvalue weighted by Crippen LogP contribution is 2.49. The molecule has 0 radical (unpaired) electrons. The van der Waals surface area contributed by atoms with Gasteiger partial charge in [-0.05, 0) is 148 Å². The molecule has 1 N–H and O–H groups in total. The number of carboxylic acid groups (broad SMARTS) is 1. The lowest BCUT2D eigenvalue weighted by Gasteiger charge is -2.44. The SMILES string of the molecule is CN(CCN1CCC(N(C(=O)O)c2ccccc2-c2ccccc2)CC1)C(=O)CCCCCN(C)c1cccc(C(=O)N(C)CCCN(C)C(=O)CO[C@H]2Cc3ccccc3C23CCN(CC[C@@]2(c4ccc(F)cc4)CN(C(=O)c4cc(C(F)(F)F)cc(C(F)(F)F)c4)CO2)CC3)c1.Cl.Cl.Cl. The Morgan fingerprint density at radius 3 is 1.92 bits per heavy atom. The van der Waals surface area contributed by atoms with Crippen LogP contribution in [0.3, 0.4) is 0 Å². The first kappa shape index (κ1) is 80.8. The molecule has 0 unspecified atom stereocenters. The molecule has 3 saturated heterocycles. The van der Waals surface area contributed by atoms with Gasteiger partial charge in [0.2, 0.25) is 11.8 Å². The smallest absolute Gasteiger partial charge is 0.416 e. The van der Waals surface area contributed by atoms with Gasteiger partial charge in [-0.1, -0.05) is 97.4 Å². The standard InChI is InChI=1S/C75H87F7N8O8.3ClH/c1-83(35-14-6-9-25-67(91)85(3)43-44-87-38-30-61(31-39-87)90(71(95)96)65-24-13-11-22-63(65)53-17-7-5-8-18-53)62-21-15-20-55(47-62)69(93)86(4)37-16-36-84(2)68(92)50-97-66-48-54-19-10-12-23-64(54)72(66)32-40-88(41-33-72)42-34-73(57-26-28-60(76)29-27-57)51-89(52-98-73)70(94)56-45-58(74(77,78)79)49-59(46-56)75(80,81)82;;;/h5,7-8,10-13,15,17-24,26-29,45-47,49,61,66H,6,9,14,16,25,30-44,48,50-52H2,1-4H3,(H,95,96);3*1H/t66-,73-;;;/m0.../s1. The van der Waals surface area contributed by atoms with Crippen LogP contribution in [0.15, 0.2) is 146 Å². The number of alkyl halides is 6. The molecule has 3 heterocycles. The number of amides is 5. The molecular weight excluding hydrogens is 1380 g/mol. The van der Waals surface area contributed by atoms with Crippen molar-refractivity contribution in [3.63, 3.8) is 0 Å². The van der Waals surface area contributed by atoms with Crippen molar-refractivity contribution in [1.82, 2.24) is 29.4 Å². The van der Waals surface area contributed by atoms with Gasteiger partial charge in [0.05, 0.1) is 29.5 Å². The van der Waals surface area contributed by atoms with E-state index in [9.17, 15) is 59.8 Å². The van der Waals surface area contributed by atoms with Gasteiger partial charge in [0.15, 0.2) is 0 Å². The largest absolute Gasteiger partial charge is 0.465 e. The number of nitrogens with zero attached hydrogens (tertiary/aromatic N) is 8. The summed E-state index contributed by atoms with van der Waals surface area (Å²) in [6.07, 6.45) is -4.54. The number of halogens is 10. The maximum atomic E-state index is 14.3. The minimum atomic E-state index is -5.15. The summed E-state index contributed by atoms with van der Waals surface area (Å²) < 4.78 is 110. The van der Waals surface area contributed by atoms with E-state index in [-0.39, 0.29) is 92.7 Å². The molecule has 3 fully saturated rings. The Bertz CT molecular complexity index is 3720. The number of hydrogen-bond donors (Lipinski definition) is 1. The van der Waals surface area contributed by atoms with E-state index in [1.54, 1.807) is 34.9 Å². The highest BCUT2D eigenvalue weighted by atomic mass is 35.5. The van der Waals surface area contributed by atoms with E-state index in [1.165, 1.54) is 29.2 Å². The van der Waals surface area contributed by atoms with E-state index >= 15 is 0 Å². The first-order valence-electron chi connectivity index (χ1n) is 33.7. The Hall–Kier alpha value is -7.51. The van der Waals surface area contributed by atoms with Crippen LogP contribution in [0.25, 0.3) is 11.1 Å². The quantitative estimate of drug-likeness (QED) is 0.0408. The van der Waals surface area contributed by atoms with Crippen LogP contribution in [0, 0.1) is 5.82 Å². The predicted octanol–water partition coefficient (Wildman–Crippen LogP) is 14.2. The van der Waals surface area contributed by atoms with Crippen molar-refractivity contribution < 1.29 is 69.3 Å². The number of benzene rings is 6. The van der Waals surface area contributed by atoms with E-state index in [2.05, 4.69) is 26.8 Å². The topological polar surface area (TPSA) is 150 Å². The Balaban J connectivity index is 0.00000477. The third kappa shape index (κ3) is 19.8. The number of likely N-dealkylation sites (N-methyl/N-ethyl adjacent to an activating group) is 2. The van der Waals surface area contributed by atoms with E-state index < -0.39 is 64.6 Å². The molecule has 5 amide bonds. The summed E-state index contributed by atoms with van der Waals surface area (Å²) in [6.45, 7) is 5.14. The van der Waals surface area contributed by atoms with Gasteiger partial charge in [-0.15, -0.1) is 37.2 Å². The van der Waals surface area contributed by atoms with Crippen LogP contribution in [-0.4, -0.2) is 190 Å². The molecule has 6 aromatic carbocycles. The molecule has 0 saturated carbocycles. The molecule has 0 aromatic heterocycles. The number of rotatable bonds is 26. The van der Waals surface area contributed by atoms with Crippen LogP contribution >= 0.6 is 37.2 Å². The maximum absolute atomic E-state index is 14.3. The van der Waals surface area contributed by atoms with Gasteiger partial charge in [-0.3, -0.25) is 24.1 Å². The predicted molar refractivity (Wildman–Crippen MR) is 382 cm³/mol. The third-order valence-electron chi connectivity index (χ3n) is 20.2. The van der Waals surface area contributed by atoms with Gasteiger partial charge >= 0.3 is 18.4 Å². The van der Waals surface area contributed by atoms with Crippen molar-refractivity contribution in [2.24, 2.45) is 0 Å². The summed E-state index contributed by atoms with van der Waals surface area (Å²) in [5.41, 5.74) is 1.08. The number of anilines is 2. The fourth-order valence-electron chi connectivity index (χ4n) is 14.4. The summed E-state index contributed by atoms with van der Waals surface area (Å²) >= 11 is 0. The number of carbonyl (C=O) groups excluding carboxylic acids is 4. The van der Waals surface area contributed by atoms with E-state index in [1.807, 2.05) is 99.0 Å². The van der Waals surface area contributed by atoms with Crippen molar-refractivity contribution >= 4 is 78.3 Å². The van der Waals surface area contributed by atoms with Crippen LogP contribution in [0.2, 0.25) is 0 Å². The highest BCUT2D eigenvalue weighted by Gasteiger charge is 2.50. The molecule has 4 aliphatic rings. The summed E-state index contributed by atoms with van der Waals surface area (Å²) in [6, 6.07) is 39.2. The van der Waals surface area contributed by atoms with Gasteiger partial charge in [-0.2, -0.15) is 26.3 Å². The number of unbranched alkanes of at least 4 members (excludes halogenated alkanes) is 2. The number of carbonyl (C=O) groups is 5. The van der Waals surface area contributed by atoms with Crippen LogP contribution in [-0.2, 0) is 48.9 Å². The molecule has 16 nitrogen and oxygen atoms in total. The molecule has 548 valence electrons. The second-order valence-electron chi connectivity index (χ2n) is 26.6. The van der Waals surface area contributed by atoms with Crippen LogP contribution in [0.1, 0.15) is 113 Å². The monoisotopic (exact) mass is 1470 g/mol. The molecule has 26 heteroatoms. The number of fused-ring (bicyclic) bond motifs is 2. The average Bonchev–Trinajstić information content (AvgIpc) is 1.47. The van der Waals surface area contributed by atoms with Crippen molar-refractivity contribution in [3.05, 3.63) is 190 Å². The third-order valence-corrected chi connectivity index (χ3v) is 20.2. The number of ether oxygens (including phenoxy) is 2. The number of likely N-dealkylation sites (tertiary alicyclic amines) is 2. The molecule has 1 spiro atoms. The molecule has 0 bridgehead atoms. The van der Waals surface area contributed by atoms with Gasteiger partial charge in [-0.25, -0.2) is 9.18 Å². The summed E-state index contributed by atoms with van der Waals surface area (Å²) in [7, 11) is 7.30. The van der Waals surface area contributed by atoms with Gasteiger partial charge in [0.1, 0.15) is 24.8 Å². The first-order valence-corrected chi connectivity index (χ1v) is 33.7. The fourth-order valence-corrected chi connectivity index (χ4v) is 14.4. The molecule has 1 aliphatic carbocycles. The molecule has 6 aromatic rings. The minimum Gasteiger partial charge on any atom is -0.465 e. The Kier molecular flexibility index (Phi) is 28.5. The van der Waals surface area contributed by atoms with E-state index in [0.717, 1.165) is 71.7 Å². The summed E-state index contributed by atoms with van der Waals surface area (Å²) in [5, 5.41) is 10.4. The van der Waals surface area contributed by atoms with Crippen molar-refractivity contribution in [3.8, 4) is 11.1 Å². The maximum Gasteiger partial charge on any atom is 0.416 e. The van der Waals surface area contributed by atoms with Crippen LogP contribution in [0.5, 0.6) is 0 Å². The average molecular weight is 1470 g/mol. The summed E-state index contributed by atoms with van der Waals surface area (Å²) in [5.74, 6) is -1.85. The Morgan fingerprint density at radius 2 is 1.25 bits per heavy atom. The number of hydrogen-bond acceptors (Lipinski definition) is 10. The lowest BCUT2D eigenvalue weighted by molar-refractivity contribution is -0.143. The molecular formula is C75H90Cl3F7N8O8. The van der Waals surface area contributed by atoms with Gasteiger partial charge < -0.3 is 48.9 Å². The normalized spacial score (nSPS) is 17.6. The zero-order valence-corrected chi connectivity index (χ0v) is 59.7. The second kappa shape index (κ2) is 35.6. The molecule has 10 rings (SSSR count). The van der Waals surface area contributed by atoms with Gasteiger partial charge in [0, 0.05) is 121 Å². The second-order valence-corrected chi connectivity index (χ2v) is 26.6.